The van der Waals surface area contributed by atoms with Crippen LogP contribution in [0, 0.1) is 0 Å². The number of esters is 3. The van der Waals surface area contributed by atoms with Gasteiger partial charge in [-0.15, -0.1) is 0 Å². The van der Waals surface area contributed by atoms with Gasteiger partial charge >= 0.3 is 17.9 Å². The minimum Gasteiger partial charge on any atom is -0.462 e. The fourth-order valence-electron chi connectivity index (χ4n) is 7.80. The van der Waals surface area contributed by atoms with Crippen molar-refractivity contribution in [2.24, 2.45) is 0 Å². The summed E-state index contributed by atoms with van der Waals surface area (Å²) in [6.45, 7) is 6.36. The molecule has 75 heavy (non-hydrogen) atoms. The normalized spacial score (nSPS) is 13.2. The molecule has 0 spiro atoms. The summed E-state index contributed by atoms with van der Waals surface area (Å²) in [5.74, 6) is -1.11. The standard InChI is InChI=1S/C69H110O6/c1-4-7-10-13-16-19-22-25-28-31-34-37-40-43-46-49-52-55-58-61-67(70)73-64-66(75-69(72)63-60-57-54-51-48-45-42-39-36-33-30-27-24-21-18-15-12-9-6-3)65-74-68(71)62-59-56-53-50-47-44-41-38-35-32-29-26-23-20-17-14-11-8-5-2/h7,10,16-17,19-20,25-30,34-35,37-38,43-44,46-47,52-53,55-56,66H,4-6,8-9,11-15,18,21-24,31-33,36,39-42,45,48-51,54,57-65H2,1-3H3/b10-7-,19-16-,20-17-,28-25-,29-26-,30-27-,37-34-,38-35-,46-43-,47-44-,55-52-,56-53-/t66-/m1/s1. The summed E-state index contributed by atoms with van der Waals surface area (Å²) in [5.41, 5.74) is 0. The minimum absolute atomic E-state index is 0.146. The Balaban J connectivity index is 4.62. The molecule has 0 saturated carbocycles. The third-order valence-corrected chi connectivity index (χ3v) is 12.3. The molecule has 0 saturated heterocycles. The molecule has 0 aliphatic heterocycles. The van der Waals surface area contributed by atoms with Gasteiger partial charge in [0, 0.05) is 19.3 Å². The van der Waals surface area contributed by atoms with Crippen LogP contribution in [-0.4, -0.2) is 37.2 Å². The fourth-order valence-corrected chi connectivity index (χ4v) is 7.80. The minimum atomic E-state index is -0.847. The lowest BCUT2D eigenvalue weighted by Gasteiger charge is -2.18. The van der Waals surface area contributed by atoms with E-state index in [-0.39, 0.29) is 50.4 Å². The van der Waals surface area contributed by atoms with Crippen molar-refractivity contribution >= 4 is 17.9 Å². The SMILES string of the molecule is CC/C=C\C/C=C\C/C=C\C/C=C\C/C=C\C/C=C\CCC(=O)OC[C@H](COC(=O)CC/C=C\C/C=C\C/C=C\C/C=C\C/C=C\CCCCC)OC(=O)CCCCCCCCCCC/C=C\CCCCCCCC. The Bertz CT molecular complexity index is 1660. The van der Waals surface area contributed by atoms with Crippen LogP contribution in [0.1, 0.15) is 252 Å². The molecule has 0 fully saturated rings. The van der Waals surface area contributed by atoms with Gasteiger partial charge in [0.2, 0.25) is 0 Å². The second-order valence-electron chi connectivity index (χ2n) is 19.5. The van der Waals surface area contributed by atoms with Crippen molar-refractivity contribution in [1.82, 2.24) is 0 Å². The summed E-state index contributed by atoms with van der Waals surface area (Å²) in [6, 6.07) is 0. The molecule has 0 aromatic rings. The van der Waals surface area contributed by atoms with Crippen molar-refractivity contribution in [2.75, 3.05) is 13.2 Å². The van der Waals surface area contributed by atoms with Crippen molar-refractivity contribution in [1.29, 1.82) is 0 Å². The van der Waals surface area contributed by atoms with Crippen molar-refractivity contribution in [2.45, 2.75) is 258 Å². The predicted molar refractivity (Wildman–Crippen MR) is 325 cm³/mol. The van der Waals surface area contributed by atoms with E-state index in [1.165, 1.54) is 116 Å². The summed E-state index contributed by atoms with van der Waals surface area (Å²) >= 11 is 0. The largest absolute Gasteiger partial charge is 0.462 e. The van der Waals surface area contributed by atoms with Gasteiger partial charge in [-0.3, -0.25) is 14.4 Å². The van der Waals surface area contributed by atoms with E-state index in [9.17, 15) is 14.4 Å². The molecule has 1 atom stereocenters. The number of hydrogen-bond acceptors (Lipinski definition) is 6. The van der Waals surface area contributed by atoms with Gasteiger partial charge < -0.3 is 14.2 Å². The van der Waals surface area contributed by atoms with Crippen LogP contribution in [0.5, 0.6) is 0 Å². The molecule has 0 aromatic heterocycles. The van der Waals surface area contributed by atoms with E-state index in [1.807, 2.05) is 18.2 Å². The lowest BCUT2D eigenvalue weighted by atomic mass is 10.1. The van der Waals surface area contributed by atoms with Gasteiger partial charge in [0.1, 0.15) is 13.2 Å². The molecule has 6 heteroatoms. The van der Waals surface area contributed by atoms with E-state index in [1.54, 1.807) is 0 Å². The van der Waals surface area contributed by atoms with Gasteiger partial charge in [-0.05, 0) is 122 Å². The Morgan fingerprint density at radius 3 is 0.907 bits per heavy atom. The molecule has 0 aliphatic carbocycles. The average molecular weight is 1040 g/mol. The first kappa shape index (κ1) is 70.3. The molecule has 0 aliphatic rings. The number of allylic oxidation sites excluding steroid dienone is 24. The van der Waals surface area contributed by atoms with Crippen molar-refractivity contribution < 1.29 is 28.6 Å². The third-order valence-electron chi connectivity index (χ3n) is 12.3. The first-order valence-corrected chi connectivity index (χ1v) is 30.3. The number of unbranched alkanes of at least 4 members (excludes halogenated alkanes) is 18. The summed E-state index contributed by atoms with van der Waals surface area (Å²) in [4.78, 5) is 38.2. The lowest BCUT2D eigenvalue weighted by molar-refractivity contribution is -0.166. The van der Waals surface area contributed by atoms with Gasteiger partial charge in [-0.2, -0.15) is 0 Å². The van der Waals surface area contributed by atoms with Crippen molar-refractivity contribution in [3.8, 4) is 0 Å². The van der Waals surface area contributed by atoms with Crippen molar-refractivity contribution in [3.63, 3.8) is 0 Å². The third kappa shape index (κ3) is 60.0. The molecule has 0 rings (SSSR count). The maximum absolute atomic E-state index is 12.9. The van der Waals surface area contributed by atoms with Gasteiger partial charge in [0.05, 0.1) is 0 Å². The summed E-state index contributed by atoms with van der Waals surface area (Å²) < 4.78 is 16.8. The van der Waals surface area contributed by atoms with Gasteiger partial charge in [0.25, 0.3) is 0 Å². The maximum atomic E-state index is 12.9. The quantitative estimate of drug-likeness (QED) is 0.0261. The summed E-state index contributed by atoms with van der Waals surface area (Å²) in [5, 5.41) is 0. The summed E-state index contributed by atoms with van der Waals surface area (Å²) in [7, 11) is 0. The molecule has 0 amide bonds. The second kappa shape index (κ2) is 61.8. The Morgan fingerprint density at radius 2 is 0.547 bits per heavy atom. The highest BCUT2D eigenvalue weighted by Gasteiger charge is 2.19. The average Bonchev–Trinajstić information content (AvgIpc) is 3.41. The zero-order chi connectivity index (χ0) is 54.3. The number of carbonyl (C=O) groups excluding carboxylic acids is 3. The van der Waals surface area contributed by atoms with Crippen LogP contribution in [0.4, 0.5) is 0 Å². The molecule has 0 N–H and O–H groups in total. The van der Waals surface area contributed by atoms with E-state index >= 15 is 0 Å². The fraction of sp³-hybridized carbons (Fsp3) is 0.609. The zero-order valence-corrected chi connectivity index (χ0v) is 48.3. The van der Waals surface area contributed by atoms with Gasteiger partial charge in [0.15, 0.2) is 6.10 Å². The van der Waals surface area contributed by atoms with Gasteiger partial charge in [-0.1, -0.05) is 256 Å². The predicted octanol–water partition coefficient (Wildman–Crippen LogP) is 20.8. The molecule has 0 radical (unpaired) electrons. The number of carbonyl (C=O) groups is 3. The van der Waals surface area contributed by atoms with Crippen LogP contribution >= 0.6 is 0 Å². The first-order chi connectivity index (χ1) is 37.0. The van der Waals surface area contributed by atoms with E-state index in [0.717, 1.165) is 83.5 Å². The molecule has 0 unspecified atom stereocenters. The topological polar surface area (TPSA) is 78.9 Å². The number of hydrogen-bond donors (Lipinski definition) is 0. The Labute approximate surface area is 461 Å². The lowest BCUT2D eigenvalue weighted by Crippen LogP contribution is -2.30. The van der Waals surface area contributed by atoms with Crippen LogP contribution in [0.2, 0.25) is 0 Å². The van der Waals surface area contributed by atoms with Crippen LogP contribution in [0.25, 0.3) is 0 Å². The maximum Gasteiger partial charge on any atom is 0.306 e. The van der Waals surface area contributed by atoms with Crippen LogP contribution in [-0.2, 0) is 28.6 Å². The van der Waals surface area contributed by atoms with Crippen LogP contribution < -0.4 is 0 Å². The molecule has 0 heterocycles. The number of rotatable bonds is 53. The van der Waals surface area contributed by atoms with E-state index < -0.39 is 6.10 Å². The molecule has 0 bridgehead atoms. The Morgan fingerprint density at radius 1 is 0.280 bits per heavy atom. The van der Waals surface area contributed by atoms with E-state index in [2.05, 4.69) is 148 Å². The zero-order valence-electron chi connectivity index (χ0n) is 48.3. The van der Waals surface area contributed by atoms with Crippen LogP contribution in [0.15, 0.2) is 146 Å². The highest BCUT2D eigenvalue weighted by molar-refractivity contribution is 5.71. The Kier molecular flexibility index (Phi) is 58.0. The molecule has 0 aromatic carbocycles. The number of ether oxygens (including phenoxy) is 3. The van der Waals surface area contributed by atoms with Crippen LogP contribution in [0.3, 0.4) is 0 Å². The van der Waals surface area contributed by atoms with E-state index in [4.69, 9.17) is 14.2 Å². The van der Waals surface area contributed by atoms with E-state index in [0.29, 0.717) is 12.8 Å². The second-order valence-corrected chi connectivity index (χ2v) is 19.5. The highest BCUT2D eigenvalue weighted by atomic mass is 16.6. The molecule has 422 valence electrons. The highest BCUT2D eigenvalue weighted by Crippen LogP contribution is 2.14. The summed E-state index contributed by atoms with van der Waals surface area (Å²) in [6.07, 6.45) is 88.6. The monoisotopic (exact) mass is 1030 g/mol. The first-order valence-electron chi connectivity index (χ1n) is 30.3. The molecular weight excluding hydrogens is 925 g/mol. The Hall–Kier alpha value is -4.71. The smallest absolute Gasteiger partial charge is 0.306 e. The molecule has 6 nitrogen and oxygen atoms in total. The van der Waals surface area contributed by atoms with Gasteiger partial charge in [-0.25, -0.2) is 0 Å². The van der Waals surface area contributed by atoms with Crippen molar-refractivity contribution in [3.05, 3.63) is 146 Å². The molecular formula is C69H110O6.